The molecule has 3 nitrogen and oxygen atoms in total. The monoisotopic (exact) mass is 270 g/mol. The lowest BCUT2D eigenvalue weighted by molar-refractivity contribution is 0.144. The highest BCUT2D eigenvalue weighted by molar-refractivity contribution is 5.73. The molecule has 0 spiro atoms. The Hall–Kier alpha value is -2.29. The molecule has 0 heterocycles. The van der Waals surface area contributed by atoms with E-state index in [1.807, 2.05) is 24.3 Å². The normalized spacial score (nSPS) is 16.4. The van der Waals surface area contributed by atoms with Gasteiger partial charge in [-0.3, -0.25) is 0 Å². The van der Waals surface area contributed by atoms with E-state index in [0.29, 0.717) is 11.7 Å². The van der Waals surface area contributed by atoms with Gasteiger partial charge >= 0.3 is 6.16 Å². The van der Waals surface area contributed by atoms with Crippen LogP contribution in [0.2, 0.25) is 0 Å². The van der Waals surface area contributed by atoms with E-state index in [0.717, 1.165) is 12.0 Å². The van der Waals surface area contributed by atoms with Gasteiger partial charge in [0.1, 0.15) is 5.75 Å². The van der Waals surface area contributed by atoms with Crippen LogP contribution in [0.3, 0.4) is 0 Å². The molecule has 0 unspecified atom stereocenters. The first kappa shape index (κ1) is 14.1. The van der Waals surface area contributed by atoms with Crippen molar-refractivity contribution in [1.82, 2.24) is 0 Å². The molecule has 0 atom stereocenters. The van der Waals surface area contributed by atoms with Gasteiger partial charge in [0, 0.05) is 0 Å². The highest BCUT2D eigenvalue weighted by atomic mass is 16.7. The molecular weight excluding hydrogens is 252 g/mol. The van der Waals surface area contributed by atoms with Gasteiger partial charge in [-0.15, -0.1) is 0 Å². The zero-order valence-electron chi connectivity index (χ0n) is 11.7. The second-order valence-corrected chi connectivity index (χ2v) is 4.98. The molecule has 1 aliphatic carbocycles. The lowest BCUT2D eigenvalue weighted by Gasteiger charge is -2.17. The van der Waals surface area contributed by atoms with Gasteiger partial charge in [-0.1, -0.05) is 50.3 Å². The smallest absolute Gasteiger partial charge is 0.449 e. The summed E-state index contributed by atoms with van der Waals surface area (Å²) < 4.78 is 4.63. The highest BCUT2D eigenvalue weighted by Crippen LogP contribution is 2.31. The fourth-order valence-electron chi connectivity index (χ4n) is 2.41. The molecule has 0 fully saturated rings. The van der Waals surface area contributed by atoms with E-state index in [9.17, 15) is 4.79 Å². The van der Waals surface area contributed by atoms with E-state index in [2.05, 4.69) is 30.7 Å². The molecule has 0 saturated heterocycles. The molecule has 2 rings (SSSR count). The summed E-state index contributed by atoms with van der Waals surface area (Å²) in [4.78, 5) is 10.5. The third-order valence-corrected chi connectivity index (χ3v) is 3.18. The molecule has 1 aromatic rings. The number of hydrogen-bond donors (Lipinski definition) is 1. The lowest BCUT2D eigenvalue weighted by atomic mass is 9.88. The summed E-state index contributed by atoms with van der Waals surface area (Å²) >= 11 is 0. The summed E-state index contributed by atoms with van der Waals surface area (Å²) in [7, 11) is 0. The number of hydrogen-bond acceptors (Lipinski definition) is 2. The summed E-state index contributed by atoms with van der Waals surface area (Å²) in [6, 6.07) is 7.20. The summed E-state index contributed by atoms with van der Waals surface area (Å²) in [6.45, 7) is 4.33. The average molecular weight is 270 g/mol. The second-order valence-electron chi connectivity index (χ2n) is 4.98. The van der Waals surface area contributed by atoms with Gasteiger partial charge in [-0.05, 0) is 41.2 Å². The molecule has 104 valence electrons. The van der Waals surface area contributed by atoms with E-state index in [1.165, 1.54) is 11.1 Å². The van der Waals surface area contributed by atoms with Crippen molar-refractivity contribution in [3.63, 3.8) is 0 Å². The fourth-order valence-corrected chi connectivity index (χ4v) is 2.41. The minimum absolute atomic E-state index is 0.341. The Morgan fingerprint density at radius 2 is 1.90 bits per heavy atom. The lowest BCUT2D eigenvalue weighted by Crippen LogP contribution is -2.03. The Labute approximate surface area is 118 Å². The first-order valence-corrected chi connectivity index (χ1v) is 6.65. The summed E-state index contributed by atoms with van der Waals surface area (Å²) in [5, 5.41) is 8.59. The van der Waals surface area contributed by atoms with Crippen molar-refractivity contribution >= 4 is 11.7 Å². The van der Waals surface area contributed by atoms with E-state index in [4.69, 9.17) is 5.11 Å². The second kappa shape index (κ2) is 6.24. The van der Waals surface area contributed by atoms with Gasteiger partial charge < -0.3 is 9.84 Å². The number of carboxylic acid groups (broad SMARTS) is 1. The Bertz CT molecular complexity index is 575. The Morgan fingerprint density at radius 3 is 2.40 bits per heavy atom. The predicted molar refractivity (Wildman–Crippen MR) is 79.7 cm³/mol. The SMILES string of the molecule is CC(C)C(=C1C=CC=CC1)c1ccc(OC(=O)O)cc1. The van der Waals surface area contributed by atoms with Gasteiger partial charge in [-0.2, -0.15) is 0 Å². The van der Waals surface area contributed by atoms with Crippen molar-refractivity contribution in [3.8, 4) is 5.75 Å². The topological polar surface area (TPSA) is 46.5 Å². The van der Waals surface area contributed by atoms with Crippen molar-refractivity contribution in [2.24, 2.45) is 5.92 Å². The van der Waals surface area contributed by atoms with Gasteiger partial charge in [0.15, 0.2) is 0 Å². The third kappa shape index (κ3) is 3.38. The van der Waals surface area contributed by atoms with Crippen molar-refractivity contribution in [1.29, 1.82) is 0 Å². The van der Waals surface area contributed by atoms with Crippen LogP contribution >= 0.6 is 0 Å². The van der Waals surface area contributed by atoms with Crippen molar-refractivity contribution in [3.05, 3.63) is 59.7 Å². The van der Waals surface area contributed by atoms with Crippen LogP contribution in [0.15, 0.2) is 54.1 Å². The molecule has 1 aromatic carbocycles. The van der Waals surface area contributed by atoms with Crippen LogP contribution < -0.4 is 4.74 Å². The zero-order chi connectivity index (χ0) is 14.5. The van der Waals surface area contributed by atoms with Crippen LogP contribution in [0.1, 0.15) is 25.8 Å². The zero-order valence-corrected chi connectivity index (χ0v) is 11.7. The number of carbonyl (C=O) groups is 1. The average Bonchev–Trinajstić information content (AvgIpc) is 2.41. The standard InChI is InChI=1S/C17H18O3/c1-12(2)16(13-6-4-3-5-7-13)14-8-10-15(11-9-14)20-17(18)19/h3-6,8-12H,7H2,1-2H3,(H,18,19). The van der Waals surface area contributed by atoms with E-state index >= 15 is 0 Å². The first-order valence-electron chi connectivity index (χ1n) is 6.65. The van der Waals surface area contributed by atoms with Crippen LogP contribution in [-0.4, -0.2) is 11.3 Å². The molecular formula is C17H18O3. The fraction of sp³-hybridized carbons (Fsp3) is 0.235. The van der Waals surface area contributed by atoms with Crippen LogP contribution in [0.25, 0.3) is 5.57 Å². The molecule has 20 heavy (non-hydrogen) atoms. The van der Waals surface area contributed by atoms with Gasteiger partial charge in [0.05, 0.1) is 0 Å². The van der Waals surface area contributed by atoms with Crippen LogP contribution in [-0.2, 0) is 0 Å². The molecule has 0 bridgehead atoms. The van der Waals surface area contributed by atoms with Gasteiger partial charge in [0.25, 0.3) is 0 Å². The maximum atomic E-state index is 10.5. The summed E-state index contributed by atoms with van der Waals surface area (Å²) in [5.74, 6) is 0.737. The molecule has 0 aliphatic heterocycles. The van der Waals surface area contributed by atoms with E-state index in [-0.39, 0.29) is 0 Å². The largest absolute Gasteiger partial charge is 0.511 e. The van der Waals surface area contributed by atoms with Crippen LogP contribution in [0.5, 0.6) is 5.75 Å². The number of allylic oxidation sites excluding steroid dienone is 6. The Kier molecular flexibility index (Phi) is 4.41. The molecule has 0 amide bonds. The molecule has 0 saturated carbocycles. The first-order chi connectivity index (χ1) is 9.58. The quantitative estimate of drug-likeness (QED) is 0.641. The molecule has 0 aromatic heterocycles. The predicted octanol–water partition coefficient (Wildman–Crippen LogP) is 4.67. The van der Waals surface area contributed by atoms with Crippen molar-refractivity contribution in [2.45, 2.75) is 20.3 Å². The van der Waals surface area contributed by atoms with Crippen LogP contribution in [0.4, 0.5) is 4.79 Å². The maximum Gasteiger partial charge on any atom is 0.511 e. The van der Waals surface area contributed by atoms with Gasteiger partial charge in [0.2, 0.25) is 0 Å². The Balaban J connectivity index is 2.33. The van der Waals surface area contributed by atoms with Crippen LogP contribution in [0, 0.1) is 5.92 Å². The molecule has 1 aliphatic rings. The van der Waals surface area contributed by atoms with Crippen molar-refractivity contribution < 1.29 is 14.6 Å². The maximum absolute atomic E-state index is 10.5. The molecule has 1 N–H and O–H groups in total. The molecule has 3 heteroatoms. The van der Waals surface area contributed by atoms with E-state index in [1.54, 1.807) is 12.1 Å². The minimum atomic E-state index is -1.29. The minimum Gasteiger partial charge on any atom is -0.449 e. The Morgan fingerprint density at radius 1 is 1.20 bits per heavy atom. The van der Waals surface area contributed by atoms with Crippen molar-refractivity contribution in [2.75, 3.05) is 0 Å². The van der Waals surface area contributed by atoms with Gasteiger partial charge in [-0.25, -0.2) is 4.79 Å². The van der Waals surface area contributed by atoms with E-state index < -0.39 is 6.16 Å². The molecule has 0 radical (unpaired) electrons. The number of ether oxygens (including phenoxy) is 1. The number of rotatable bonds is 3. The summed E-state index contributed by atoms with van der Waals surface area (Å²) in [6.07, 6.45) is 8.00. The third-order valence-electron chi connectivity index (χ3n) is 3.18. The summed E-state index contributed by atoms with van der Waals surface area (Å²) in [5.41, 5.74) is 3.69. The number of benzene rings is 1. The highest BCUT2D eigenvalue weighted by Gasteiger charge is 2.12.